The first kappa shape index (κ1) is 12.8. The largest absolute Gasteiger partial charge is 0.334 e. The summed E-state index contributed by atoms with van der Waals surface area (Å²) in [5, 5.41) is 6.33. The van der Waals surface area contributed by atoms with Gasteiger partial charge in [-0.3, -0.25) is 15.1 Å². The Morgan fingerprint density at radius 1 is 1.15 bits per heavy atom. The van der Waals surface area contributed by atoms with Crippen LogP contribution in [0.25, 0.3) is 0 Å². The molecule has 1 aromatic carbocycles. The van der Waals surface area contributed by atoms with Gasteiger partial charge >= 0.3 is 0 Å². The molecule has 3 rings (SSSR count). The molecule has 1 fully saturated rings. The summed E-state index contributed by atoms with van der Waals surface area (Å²) in [6, 6.07) is 15.7. The predicted octanol–water partition coefficient (Wildman–Crippen LogP) is 1.80. The summed E-state index contributed by atoms with van der Waals surface area (Å²) in [7, 11) is 0. The maximum atomic E-state index is 12.3. The Balaban J connectivity index is 1.79. The van der Waals surface area contributed by atoms with Gasteiger partial charge in [0.1, 0.15) is 11.7 Å². The first-order chi connectivity index (χ1) is 9.67. The van der Waals surface area contributed by atoms with Gasteiger partial charge in [0.2, 0.25) is 5.91 Å². The second-order valence-electron chi connectivity index (χ2n) is 5.30. The first-order valence-electron chi connectivity index (χ1n) is 6.71. The molecule has 0 radical (unpaired) electrons. The van der Waals surface area contributed by atoms with Crippen molar-refractivity contribution in [3.05, 3.63) is 66.0 Å². The molecule has 1 aliphatic rings. The molecule has 2 heterocycles. The van der Waals surface area contributed by atoms with Crippen molar-refractivity contribution in [1.82, 2.24) is 15.6 Å². The molecule has 0 aliphatic carbocycles. The number of rotatable bonds is 3. The second kappa shape index (κ2) is 5.06. The van der Waals surface area contributed by atoms with Crippen LogP contribution in [-0.4, -0.2) is 16.4 Å². The smallest absolute Gasteiger partial charge is 0.241 e. The summed E-state index contributed by atoms with van der Waals surface area (Å²) in [6.45, 7) is 1.93. The number of pyridine rings is 1. The maximum absolute atomic E-state index is 12.3. The monoisotopic (exact) mass is 267 g/mol. The normalized spacial score (nSPS) is 25.4. The van der Waals surface area contributed by atoms with Gasteiger partial charge in [-0.05, 0) is 31.0 Å². The van der Waals surface area contributed by atoms with Crippen molar-refractivity contribution >= 4 is 5.91 Å². The fourth-order valence-corrected chi connectivity index (χ4v) is 2.54. The fraction of sp³-hybridized carbons (Fsp3) is 0.250. The number of carbonyl (C=O) groups excluding carboxylic acids is 1. The number of carbonyl (C=O) groups is 1. The molecule has 4 heteroatoms. The molecule has 2 atom stereocenters. The van der Waals surface area contributed by atoms with Crippen molar-refractivity contribution in [2.24, 2.45) is 0 Å². The minimum Gasteiger partial charge on any atom is -0.334 e. The van der Waals surface area contributed by atoms with E-state index in [4.69, 9.17) is 0 Å². The zero-order valence-corrected chi connectivity index (χ0v) is 11.3. The van der Waals surface area contributed by atoms with Crippen LogP contribution in [0.1, 0.15) is 24.3 Å². The molecular weight excluding hydrogens is 250 g/mol. The summed E-state index contributed by atoms with van der Waals surface area (Å²) in [5.74, 6) is 0.0111. The average Bonchev–Trinajstić information content (AvgIpc) is 2.77. The molecule has 1 saturated heterocycles. The molecule has 0 spiro atoms. The third-order valence-electron chi connectivity index (χ3n) is 3.62. The zero-order valence-electron chi connectivity index (χ0n) is 11.3. The summed E-state index contributed by atoms with van der Waals surface area (Å²) in [4.78, 5) is 16.6. The lowest BCUT2D eigenvalue weighted by Crippen LogP contribution is -2.45. The number of nitrogens with zero attached hydrogens (tertiary/aromatic N) is 1. The number of aromatic nitrogens is 1. The number of benzene rings is 1. The molecule has 1 amide bonds. The molecule has 0 unspecified atom stereocenters. The minimum atomic E-state index is -0.608. The average molecular weight is 267 g/mol. The van der Waals surface area contributed by atoms with Gasteiger partial charge in [0.15, 0.2) is 0 Å². The molecule has 4 nitrogen and oxygen atoms in total. The lowest BCUT2D eigenvalue weighted by Gasteiger charge is -2.22. The van der Waals surface area contributed by atoms with E-state index in [1.165, 1.54) is 0 Å². The highest BCUT2D eigenvalue weighted by atomic mass is 16.2. The zero-order chi connectivity index (χ0) is 14.0. The third-order valence-corrected chi connectivity index (χ3v) is 3.62. The van der Waals surface area contributed by atoms with E-state index < -0.39 is 5.54 Å². The van der Waals surface area contributed by atoms with Crippen LogP contribution in [0.2, 0.25) is 0 Å². The van der Waals surface area contributed by atoms with E-state index in [0.29, 0.717) is 6.42 Å². The molecule has 0 bridgehead atoms. The minimum absolute atomic E-state index is 0.0111. The Kier molecular flexibility index (Phi) is 3.24. The third kappa shape index (κ3) is 2.42. The molecule has 20 heavy (non-hydrogen) atoms. The Hall–Kier alpha value is -2.20. The van der Waals surface area contributed by atoms with Crippen molar-refractivity contribution < 1.29 is 4.79 Å². The van der Waals surface area contributed by atoms with Crippen LogP contribution in [-0.2, 0) is 11.2 Å². The first-order valence-corrected chi connectivity index (χ1v) is 6.71. The number of hydrogen-bond acceptors (Lipinski definition) is 3. The topological polar surface area (TPSA) is 54.0 Å². The maximum Gasteiger partial charge on any atom is 0.241 e. The highest BCUT2D eigenvalue weighted by molar-refractivity contribution is 5.88. The predicted molar refractivity (Wildman–Crippen MR) is 76.8 cm³/mol. The molecule has 102 valence electrons. The van der Waals surface area contributed by atoms with E-state index in [1.54, 1.807) is 6.20 Å². The van der Waals surface area contributed by atoms with E-state index in [0.717, 1.165) is 11.3 Å². The van der Waals surface area contributed by atoms with E-state index in [1.807, 2.05) is 55.5 Å². The van der Waals surface area contributed by atoms with Gasteiger partial charge in [0, 0.05) is 6.20 Å². The van der Waals surface area contributed by atoms with E-state index in [2.05, 4.69) is 15.6 Å². The Morgan fingerprint density at radius 2 is 1.90 bits per heavy atom. The number of hydrogen-bond donors (Lipinski definition) is 2. The van der Waals surface area contributed by atoms with Crippen LogP contribution < -0.4 is 10.6 Å². The molecule has 0 saturated carbocycles. The van der Waals surface area contributed by atoms with E-state index >= 15 is 0 Å². The molecule has 2 N–H and O–H groups in total. The van der Waals surface area contributed by atoms with Gasteiger partial charge in [-0.25, -0.2) is 0 Å². The van der Waals surface area contributed by atoms with Crippen LogP contribution in [0.15, 0.2) is 54.7 Å². The summed E-state index contributed by atoms with van der Waals surface area (Å²) < 4.78 is 0. The summed E-state index contributed by atoms with van der Waals surface area (Å²) >= 11 is 0. The SMILES string of the molecule is C[C@@]1(Cc2ccccc2)N[C@@H](c2ccccn2)NC1=O. The molecule has 1 aromatic heterocycles. The van der Waals surface area contributed by atoms with Gasteiger partial charge in [-0.2, -0.15) is 0 Å². The fourth-order valence-electron chi connectivity index (χ4n) is 2.54. The second-order valence-corrected chi connectivity index (χ2v) is 5.30. The van der Waals surface area contributed by atoms with Crippen molar-refractivity contribution in [1.29, 1.82) is 0 Å². The number of amides is 1. The van der Waals surface area contributed by atoms with Crippen molar-refractivity contribution in [2.75, 3.05) is 0 Å². The van der Waals surface area contributed by atoms with E-state index in [-0.39, 0.29) is 12.1 Å². The van der Waals surface area contributed by atoms with Gasteiger partial charge in [0.05, 0.1) is 5.69 Å². The van der Waals surface area contributed by atoms with Crippen LogP contribution in [0.3, 0.4) is 0 Å². The molecular formula is C16H17N3O. The summed E-state index contributed by atoms with van der Waals surface area (Å²) in [6.07, 6.45) is 2.16. The Bertz CT molecular complexity index is 600. The van der Waals surface area contributed by atoms with Crippen LogP contribution >= 0.6 is 0 Å². The van der Waals surface area contributed by atoms with Gasteiger partial charge in [-0.15, -0.1) is 0 Å². The standard InChI is InChI=1S/C16H17N3O/c1-16(11-12-7-3-2-4-8-12)15(20)18-14(19-16)13-9-5-6-10-17-13/h2-10,14,19H,11H2,1H3,(H,18,20)/t14-,16-/m0/s1. The molecule has 2 aromatic rings. The van der Waals surface area contributed by atoms with E-state index in [9.17, 15) is 4.79 Å². The highest BCUT2D eigenvalue weighted by Gasteiger charge is 2.43. The lowest BCUT2D eigenvalue weighted by atomic mass is 9.93. The molecule has 1 aliphatic heterocycles. The van der Waals surface area contributed by atoms with Crippen LogP contribution in [0.5, 0.6) is 0 Å². The Labute approximate surface area is 118 Å². The van der Waals surface area contributed by atoms with Crippen LogP contribution in [0.4, 0.5) is 0 Å². The number of nitrogens with one attached hydrogen (secondary N) is 2. The lowest BCUT2D eigenvalue weighted by molar-refractivity contribution is -0.123. The summed E-state index contributed by atoms with van der Waals surface area (Å²) in [5.41, 5.74) is 1.36. The van der Waals surface area contributed by atoms with Crippen molar-refractivity contribution in [2.45, 2.75) is 25.0 Å². The van der Waals surface area contributed by atoms with Gasteiger partial charge in [-0.1, -0.05) is 36.4 Å². The Morgan fingerprint density at radius 3 is 2.60 bits per heavy atom. The van der Waals surface area contributed by atoms with Gasteiger partial charge in [0.25, 0.3) is 0 Å². The van der Waals surface area contributed by atoms with Crippen molar-refractivity contribution in [3.63, 3.8) is 0 Å². The quantitative estimate of drug-likeness (QED) is 0.891. The van der Waals surface area contributed by atoms with Crippen LogP contribution in [0, 0.1) is 0 Å². The van der Waals surface area contributed by atoms with Crippen molar-refractivity contribution in [3.8, 4) is 0 Å². The highest BCUT2D eigenvalue weighted by Crippen LogP contribution is 2.24. The van der Waals surface area contributed by atoms with Gasteiger partial charge < -0.3 is 5.32 Å².